The number of allylic oxidation sites excluding steroid dienone is 1. The zero-order chi connectivity index (χ0) is 19.1. The lowest BCUT2D eigenvalue weighted by Gasteiger charge is -2.29. The summed E-state index contributed by atoms with van der Waals surface area (Å²) >= 11 is 5.76. The molecule has 0 atom stereocenters. The summed E-state index contributed by atoms with van der Waals surface area (Å²) in [5, 5.41) is 3.74. The van der Waals surface area contributed by atoms with Crippen LogP contribution in [0.2, 0.25) is 5.02 Å². The highest BCUT2D eigenvalue weighted by Crippen LogP contribution is 2.17. The van der Waals surface area contributed by atoms with Crippen molar-refractivity contribution in [2.45, 2.75) is 6.42 Å². The number of anilines is 1. The van der Waals surface area contributed by atoms with Crippen LogP contribution in [0, 0.1) is 5.82 Å². The maximum Gasteiger partial charge on any atom is 0.158 e. The first-order chi connectivity index (χ1) is 13.2. The number of nitrogens with zero attached hydrogens (tertiary/aromatic N) is 3. The molecule has 0 radical (unpaired) electrons. The standard InChI is InChI=1S/C21H22ClFN4/c1-24-21(26-10-2-3-16-4-7-18(22)15-20(16)23)17-5-8-19(9-6-17)27-13-11-25-12-14-27/h2,4-10,15,25H,1,3,11-14H2/b10-2-,26-21?. The SMILES string of the molecule is C=NC(=N/C=C\Cc1ccc(Cl)cc1F)c1ccc(N2CCNCC2)cc1. The first-order valence-corrected chi connectivity index (χ1v) is 9.25. The molecule has 0 aromatic heterocycles. The molecule has 1 aliphatic rings. The van der Waals surface area contributed by atoms with Gasteiger partial charge >= 0.3 is 0 Å². The first-order valence-electron chi connectivity index (χ1n) is 8.87. The quantitative estimate of drug-likeness (QED) is 0.623. The monoisotopic (exact) mass is 384 g/mol. The average molecular weight is 385 g/mol. The largest absolute Gasteiger partial charge is 0.369 e. The lowest BCUT2D eigenvalue weighted by Crippen LogP contribution is -2.43. The molecule has 0 aliphatic carbocycles. The fraction of sp³-hybridized carbons (Fsp3) is 0.238. The summed E-state index contributed by atoms with van der Waals surface area (Å²) in [6.45, 7) is 7.61. The Bertz CT molecular complexity index is 840. The molecule has 1 N–H and O–H groups in total. The van der Waals surface area contributed by atoms with Gasteiger partial charge in [-0.05, 0) is 55.1 Å². The van der Waals surface area contributed by atoms with E-state index in [4.69, 9.17) is 11.6 Å². The molecule has 1 saturated heterocycles. The Labute approximate surface area is 164 Å². The van der Waals surface area contributed by atoms with E-state index in [-0.39, 0.29) is 5.82 Å². The van der Waals surface area contributed by atoms with Crippen molar-refractivity contribution in [1.29, 1.82) is 0 Å². The third kappa shape index (κ3) is 5.25. The smallest absolute Gasteiger partial charge is 0.158 e. The predicted molar refractivity (Wildman–Crippen MR) is 112 cm³/mol. The molecule has 0 spiro atoms. The normalized spacial score (nSPS) is 15.3. The molecule has 6 heteroatoms. The van der Waals surface area contributed by atoms with Crippen molar-refractivity contribution < 1.29 is 4.39 Å². The second-order valence-corrected chi connectivity index (χ2v) is 6.66. The van der Waals surface area contributed by atoms with Crippen LogP contribution in [0.25, 0.3) is 0 Å². The number of benzene rings is 2. The third-order valence-corrected chi connectivity index (χ3v) is 4.65. The van der Waals surface area contributed by atoms with Gasteiger partial charge in [-0.15, -0.1) is 0 Å². The van der Waals surface area contributed by atoms with E-state index in [1.807, 2.05) is 12.1 Å². The second kappa shape index (κ2) is 9.44. The third-order valence-electron chi connectivity index (χ3n) is 4.41. The molecule has 0 bridgehead atoms. The molecule has 27 heavy (non-hydrogen) atoms. The van der Waals surface area contributed by atoms with Gasteiger partial charge in [0, 0.05) is 48.7 Å². The first kappa shape index (κ1) is 19.3. The Morgan fingerprint density at radius 1 is 1.19 bits per heavy atom. The van der Waals surface area contributed by atoms with Gasteiger partial charge in [-0.3, -0.25) is 0 Å². The van der Waals surface area contributed by atoms with E-state index in [1.165, 1.54) is 11.8 Å². The number of halogens is 2. The van der Waals surface area contributed by atoms with Gasteiger partial charge in [-0.1, -0.05) is 23.7 Å². The van der Waals surface area contributed by atoms with Crippen LogP contribution in [-0.2, 0) is 6.42 Å². The second-order valence-electron chi connectivity index (χ2n) is 6.22. The maximum absolute atomic E-state index is 13.8. The van der Waals surface area contributed by atoms with E-state index in [0.717, 1.165) is 31.7 Å². The Hall–Kier alpha value is -2.50. The van der Waals surface area contributed by atoms with Gasteiger partial charge in [0.15, 0.2) is 5.84 Å². The number of aliphatic imine (C=N–C) groups is 2. The molecule has 1 fully saturated rings. The summed E-state index contributed by atoms with van der Waals surface area (Å²) in [6.07, 6.45) is 3.84. The number of rotatable bonds is 5. The van der Waals surface area contributed by atoms with Crippen LogP contribution in [0.5, 0.6) is 0 Å². The van der Waals surface area contributed by atoms with Crippen molar-refractivity contribution in [3.63, 3.8) is 0 Å². The highest BCUT2D eigenvalue weighted by molar-refractivity contribution is 6.30. The van der Waals surface area contributed by atoms with E-state index in [9.17, 15) is 4.39 Å². The van der Waals surface area contributed by atoms with Crippen molar-refractivity contribution in [2.24, 2.45) is 9.98 Å². The zero-order valence-electron chi connectivity index (χ0n) is 15.0. The molecule has 2 aromatic carbocycles. The summed E-state index contributed by atoms with van der Waals surface area (Å²) in [7, 11) is 0. The average Bonchev–Trinajstić information content (AvgIpc) is 2.70. The molecule has 0 unspecified atom stereocenters. The minimum atomic E-state index is -0.318. The molecule has 2 aromatic rings. The summed E-state index contributed by atoms with van der Waals surface area (Å²) < 4.78 is 13.8. The van der Waals surface area contributed by atoms with Crippen molar-refractivity contribution in [1.82, 2.24) is 5.32 Å². The van der Waals surface area contributed by atoms with E-state index >= 15 is 0 Å². The number of hydrogen-bond acceptors (Lipinski definition) is 3. The van der Waals surface area contributed by atoms with Crippen LogP contribution >= 0.6 is 11.6 Å². The van der Waals surface area contributed by atoms with Gasteiger partial charge in [-0.2, -0.15) is 0 Å². The van der Waals surface area contributed by atoms with Gasteiger partial charge in [-0.25, -0.2) is 14.4 Å². The predicted octanol–water partition coefficient (Wildman–Crippen LogP) is 4.09. The molecule has 1 heterocycles. The summed E-state index contributed by atoms with van der Waals surface area (Å²) in [6, 6.07) is 12.8. The fourth-order valence-electron chi connectivity index (χ4n) is 2.94. The van der Waals surface area contributed by atoms with Crippen LogP contribution in [0.4, 0.5) is 10.1 Å². The minimum absolute atomic E-state index is 0.318. The fourth-order valence-corrected chi connectivity index (χ4v) is 3.10. The minimum Gasteiger partial charge on any atom is -0.369 e. The Kier molecular flexibility index (Phi) is 6.74. The Balaban J connectivity index is 1.65. The van der Waals surface area contributed by atoms with Gasteiger partial charge in [0.25, 0.3) is 0 Å². The van der Waals surface area contributed by atoms with Crippen LogP contribution in [-0.4, -0.2) is 38.7 Å². The van der Waals surface area contributed by atoms with Crippen LogP contribution in [0.1, 0.15) is 11.1 Å². The lowest BCUT2D eigenvalue weighted by atomic mass is 10.1. The molecule has 140 valence electrons. The van der Waals surface area contributed by atoms with Crippen molar-refractivity contribution in [3.05, 3.63) is 76.7 Å². The molecular formula is C21H22ClFN4. The summed E-state index contributed by atoms with van der Waals surface area (Å²) in [5.41, 5.74) is 2.66. The van der Waals surface area contributed by atoms with Crippen molar-refractivity contribution in [3.8, 4) is 0 Å². The molecule has 3 rings (SSSR count). The molecule has 0 saturated carbocycles. The molecule has 1 aliphatic heterocycles. The topological polar surface area (TPSA) is 40.0 Å². The highest BCUT2D eigenvalue weighted by atomic mass is 35.5. The van der Waals surface area contributed by atoms with Crippen molar-refractivity contribution in [2.75, 3.05) is 31.1 Å². The van der Waals surface area contributed by atoms with E-state index < -0.39 is 0 Å². The number of nitrogens with one attached hydrogen (secondary N) is 1. The van der Waals surface area contributed by atoms with E-state index in [1.54, 1.807) is 24.4 Å². The van der Waals surface area contributed by atoms with Gasteiger partial charge in [0.2, 0.25) is 0 Å². The van der Waals surface area contributed by atoms with Crippen LogP contribution < -0.4 is 10.2 Å². The molecular weight excluding hydrogens is 363 g/mol. The number of piperazine rings is 1. The number of amidine groups is 1. The highest BCUT2D eigenvalue weighted by Gasteiger charge is 2.10. The number of hydrogen-bond donors (Lipinski definition) is 1. The Morgan fingerprint density at radius 3 is 2.59 bits per heavy atom. The maximum atomic E-state index is 13.8. The van der Waals surface area contributed by atoms with E-state index in [0.29, 0.717) is 22.8 Å². The molecule has 0 amide bonds. The molecule has 4 nitrogen and oxygen atoms in total. The van der Waals surface area contributed by atoms with Crippen LogP contribution in [0.3, 0.4) is 0 Å². The van der Waals surface area contributed by atoms with Crippen molar-refractivity contribution >= 4 is 29.8 Å². The summed E-state index contributed by atoms with van der Waals surface area (Å²) in [5.74, 6) is 0.219. The van der Waals surface area contributed by atoms with Gasteiger partial charge in [0.05, 0.1) is 0 Å². The van der Waals surface area contributed by atoms with E-state index in [2.05, 4.69) is 39.1 Å². The lowest BCUT2D eigenvalue weighted by molar-refractivity contribution is 0.589. The van der Waals surface area contributed by atoms with Crippen LogP contribution in [0.15, 0.2) is 64.7 Å². The van der Waals surface area contributed by atoms with Gasteiger partial charge < -0.3 is 10.2 Å². The Morgan fingerprint density at radius 2 is 1.93 bits per heavy atom. The summed E-state index contributed by atoms with van der Waals surface area (Å²) in [4.78, 5) is 10.7. The van der Waals surface area contributed by atoms with Gasteiger partial charge in [0.1, 0.15) is 5.82 Å². The zero-order valence-corrected chi connectivity index (χ0v) is 15.8.